The van der Waals surface area contributed by atoms with Crippen LogP contribution < -0.4 is 9.80 Å². The maximum atomic E-state index is 14.2. The second-order valence-electron chi connectivity index (χ2n) is 12.6. The van der Waals surface area contributed by atoms with Gasteiger partial charge in [0.05, 0.1) is 6.04 Å². The topological polar surface area (TPSA) is 22.1 Å². The number of hydrogen-bond acceptors (Lipinski definition) is 4. The molecule has 6 heteroatoms. The van der Waals surface area contributed by atoms with Crippen molar-refractivity contribution < 1.29 is 8.78 Å². The standard InChI is InChI=1S/C38H48F2N4/c1-5-23-42(35-18-20-36(21-19-35)43-27-41-44(29(43)4)28(3)6-2)24-7-8-30-9-11-31(12-10-30)13-14-32-15-16-33(25-32)37-22-17-34(39)26-38(37)40/h9-12,17-22,26-28,32-33H,4-8,13-16,23-25H2,1-3H3/t28?,32-,33?/m1/s1. The van der Waals surface area contributed by atoms with Gasteiger partial charge in [0, 0.05) is 30.5 Å². The van der Waals surface area contributed by atoms with Crippen LogP contribution in [-0.4, -0.2) is 30.5 Å². The first-order valence-electron chi connectivity index (χ1n) is 16.6. The molecule has 1 aliphatic heterocycles. The van der Waals surface area contributed by atoms with Gasteiger partial charge in [-0.2, -0.15) is 5.10 Å². The van der Waals surface area contributed by atoms with Gasteiger partial charge in [-0.3, -0.25) is 4.90 Å². The number of anilines is 2. The molecule has 44 heavy (non-hydrogen) atoms. The third-order valence-corrected chi connectivity index (χ3v) is 9.53. The van der Waals surface area contributed by atoms with Gasteiger partial charge >= 0.3 is 0 Å². The van der Waals surface area contributed by atoms with Crippen LogP contribution >= 0.6 is 0 Å². The second kappa shape index (κ2) is 14.9. The van der Waals surface area contributed by atoms with Crippen LogP contribution in [0, 0.1) is 17.6 Å². The van der Waals surface area contributed by atoms with Crippen molar-refractivity contribution in [2.75, 3.05) is 22.9 Å². The van der Waals surface area contributed by atoms with Crippen molar-refractivity contribution in [1.82, 2.24) is 5.01 Å². The molecule has 2 unspecified atom stereocenters. The molecule has 0 bridgehead atoms. The summed E-state index contributed by atoms with van der Waals surface area (Å²) >= 11 is 0. The zero-order valence-electron chi connectivity index (χ0n) is 26.7. The van der Waals surface area contributed by atoms with E-state index in [-0.39, 0.29) is 5.92 Å². The second-order valence-corrected chi connectivity index (χ2v) is 12.6. The van der Waals surface area contributed by atoms with Crippen LogP contribution in [-0.2, 0) is 12.8 Å². The Morgan fingerprint density at radius 2 is 1.66 bits per heavy atom. The van der Waals surface area contributed by atoms with Crippen molar-refractivity contribution in [2.24, 2.45) is 11.0 Å². The molecule has 5 rings (SSSR count). The minimum absolute atomic E-state index is 0.216. The van der Waals surface area contributed by atoms with Gasteiger partial charge in [-0.15, -0.1) is 0 Å². The van der Waals surface area contributed by atoms with E-state index in [1.807, 2.05) is 11.3 Å². The molecule has 3 atom stereocenters. The highest BCUT2D eigenvalue weighted by Gasteiger charge is 2.28. The highest BCUT2D eigenvalue weighted by Crippen LogP contribution is 2.41. The van der Waals surface area contributed by atoms with Crippen molar-refractivity contribution in [3.63, 3.8) is 0 Å². The molecule has 0 amide bonds. The molecule has 0 aromatic heterocycles. The molecule has 1 saturated carbocycles. The van der Waals surface area contributed by atoms with Gasteiger partial charge in [0.25, 0.3) is 0 Å². The molecule has 2 aliphatic rings. The van der Waals surface area contributed by atoms with E-state index in [1.165, 1.54) is 22.9 Å². The average Bonchev–Trinajstić information content (AvgIpc) is 3.66. The quantitative estimate of drug-likeness (QED) is 0.184. The number of rotatable bonds is 14. The third kappa shape index (κ3) is 7.69. The molecular formula is C38H48F2N4. The van der Waals surface area contributed by atoms with Crippen LogP contribution in [0.25, 0.3) is 0 Å². The highest BCUT2D eigenvalue weighted by molar-refractivity contribution is 5.85. The van der Waals surface area contributed by atoms with Gasteiger partial charge in [-0.05, 0) is 124 Å². The fourth-order valence-corrected chi connectivity index (χ4v) is 6.74. The molecule has 0 N–H and O–H groups in total. The molecule has 0 spiro atoms. The number of nitrogens with zero attached hydrogens (tertiary/aromatic N) is 4. The molecule has 234 valence electrons. The van der Waals surface area contributed by atoms with Gasteiger partial charge in [0.2, 0.25) is 0 Å². The van der Waals surface area contributed by atoms with E-state index in [0.29, 0.717) is 17.5 Å². The highest BCUT2D eigenvalue weighted by atomic mass is 19.1. The van der Waals surface area contributed by atoms with E-state index >= 15 is 0 Å². The lowest BCUT2D eigenvalue weighted by atomic mass is 9.93. The van der Waals surface area contributed by atoms with Crippen LogP contribution in [0.1, 0.15) is 88.3 Å². The Balaban J connectivity index is 1.07. The number of aryl methyl sites for hydroxylation is 2. The number of hydrogen-bond donors (Lipinski definition) is 0. The molecule has 0 radical (unpaired) electrons. The van der Waals surface area contributed by atoms with E-state index in [2.05, 4.69) is 90.8 Å². The van der Waals surface area contributed by atoms with Gasteiger partial charge in [0.1, 0.15) is 23.8 Å². The van der Waals surface area contributed by atoms with E-state index in [9.17, 15) is 8.78 Å². The number of halogens is 2. The Hall–Kier alpha value is -3.67. The van der Waals surface area contributed by atoms with Crippen LogP contribution in [0.5, 0.6) is 0 Å². The van der Waals surface area contributed by atoms with E-state index in [1.54, 1.807) is 6.07 Å². The van der Waals surface area contributed by atoms with Crippen molar-refractivity contribution in [1.29, 1.82) is 0 Å². The van der Waals surface area contributed by atoms with Crippen LogP contribution in [0.15, 0.2) is 84.2 Å². The largest absolute Gasteiger partial charge is 0.372 e. The molecule has 1 aliphatic carbocycles. The zero-order valence-corrected chi connectivity index (χ0v) is 26.7. The average molecular weight is 599 g/mol. The lowest BCUT2D eigenvalue weighted by Crippen LogP contribution is -2.29. The normalized spacial score (nSPS) is 18.8. The minimum Gasteiger partial charge on any atom is -0.372 e. The Morgan fingerprint density at radius 1 is 0.932 bits per heavy atom. The monoisotopic (exact) mass is 598 g/mol. The van der Waals surface area contributed by atoms with Crippen molar-refractivity contribution in [3.05, 3.63) is 107 Å². The molecular weight excluding hydrogens is 550 g/mol. The summed E-state index contributed by atoms with van der Waals surface area (Å²) in [5.74, 6) is 0.824. The predicted octanol–water partition coefficient (Wildman–Crippen LogP) is 9.67. The fraction of sp³-hybridized carbons (Fsp3) is 0.447. The Labute approximate surface area is 263 Å². The summed E-state index contributed by atoms with van der Waals surface area (Å²) in [6.07, 6.45) is 11.4. The summed E-state index contributed by atoms with van der Waals surface area (Å²) in [6, 6.07) is 22.3. The Kier molecular flexibility index (Phi) is 10.7. The summed E-state index contributed by atoms with van der Waals surface area (Å²) < 4.78 is 27.5. The number of hydrazone groups is 1. The smallest absolute Gasteiger partial charge is 0.129 e. The van der Waals surface area contributed by atoms with E-state index < -0.39 is 11.6 Å². The molecule has 0 saturated heterocycles. The number of benzene rings is 3. The van der Waals surface area contributed by atoms with Crippen LogP contribution in [0.2, 0.25) is 0 Å². The Bertz CT molecular complexity index is 1400. The first-order chi connectivity index (χ1) is 21.4. The molecule has 4 nitrogen and oxygen atoms in total. The van der Waals surface area contributed by atoms with Gasteiger partial charge in [-0.1, -0.05) is 50.8 Å². The van der Waals surface area contributed by atoms with Crippen LogP contribution in [0.4, 0.5) is 20.2 Å². The molecule has 1 heterocycles. The molecule has 3 aromatic carbocycles. The fourth-order valence-electron chi connectivity index (χ4n) is 6.74. The minimum atomic E-state index is -0.498. The van der Waals surface area contributed by atoms with Crippen LogP contribution in [0.3, 0.4) is 0 Å². The van der Waals surface area contributed by atoms with Crippen molar-refractivity contribution in [3.8, 4) is 0 Å². The first kappa shape index (κ1) is 31.7. The molecule has 1 fully saturated rings. The maximum absolute atomic E-state index is 14.2. The Morgan fingerprint density at radius 3 is 2.34 bits per heavy atom. The lowest BCUT2D eigenvalue weighted by molar-refractivity contribution is 0.286. The summed E-state index contributed by atoms with van der Waals surface area (Å²) in [4.78, 5) is 4.55. The van der Waals surface area contributed by atoms with E-state index in [0.717, 1.165) is 88.5 Å². The first-order valence-corrected chi connectivity index (χ1v) is 16.6. The van der Waals surface area contributed by atoms with Crippen molar-refractivity contribution in [2.45, 2.75) is 90.5 Å². The summed E-state index contributed by atoms with van der Waals surface area (Å²) in [5, 5.41) is 6.55. The van der Waals surface area contributed by atoms with E-state index in [4.69, 9.17) is 0 Å². The zero-order chi connectivity index (χ0) is 31.1. The third-order valence-electron chi connectivity index (χ3n) is 9.53. The summed E-state index contributed by atoms with van der Waals surface area (Å²) in [6.45, 7) is 12.9. The van der Waals surface area contributed by atoms with Gasteiger partial charge < -0.3 is 4.90 Å². The predicted molar refractivity (Wildman–Crippen MR) is 180 cm³/mol. The summed E-state index contributed by atoms with van der Waals surface area (Å²) in [5.41, 5.74) is 5.77. The lowest BCUT2D eigenvalue weighted by Gasteiger charge is -2.27. The SMILES string of the molecule is C=C1N(c2ccc(N(CCC)CCCc3ccc(CC[C@@H]4CCC(c5ccc(F)cc5F)C4)cc3)cc2)C=NN1C(C)CC. The molecule has 3 aromatic rings. The van der Waals surface area contributed by atoms with Crippen molar-refractivity contribution >= 4 is 17.7 Å². The maximum Gasteiger partial charge on any atom is 0.129 e. The summed E-state index contributed by atoms with van der Waals surface area (Å²) in [7, 11) is 0. The van der Waals surface area contributed by atoms with Gasteiger partial charge in [0.15, 0.2) is 0 Å². The van der Waals surface area contributed by atoms with Gasteiger partial charge in [-0.25, -0.2) is 13.8 Å².